The average Bonchev–Trinajstić information content (AvgIpc) is 3.22. The van der Waals surface area contributed by atoms with Gasteiger partial charge in [-0.3, -0.25) is 4.79 Å². The van der Waals surface area contributed by atoms with Gasteiger partial charge in [-0.2, -0.15) is 0 Å². The molecule has 0 N–H and O–H groups in total. The number of fused-ring (bicyclic) bond motifs is 1. The summed E-state index contributed by atoms with van der Waals surface area (Å²) in [5.41, 5.74) is 3.37. The van der Waals surface area contributed by atoms with E-state index < -0.39 is 0 Å². The highest BCUT2D eigenvalue weighted by molar-refractivity contribution is 6.30. The number of ether oxygens (including phenoxy) is 2. The number of hydrogen-bond acceptors (Lipinski definition) is 5. The molecule has 0 spiro atoms. The molecule has 1 aromatic heterocycles. The van der Waals surface area contributed by atoms with Gasteiger partial charge in [-0.1, -0.05) is 30.7 Å². The summed E-state index contributed by atoms with van der Waals surface area (Å²) >= 11 is 6.00. The quantitative estimate of drug-likeness (QED) is 0.327. The van der Waals surface area contributed by atoms with Gasteiger partial charge in [0, 0.05) is 11.6 Å². The third kappa shape index (κ3) is 6.36. The lowest BCUT2D eigenvalue weighted by molar-refractivity contribution is -0.149. The largest absolute Gasteiger partial charge is 0.486 e. The molecule has 1 unspecified atom stereocenters. The number of nitrogens with zero attached hydrogens (tertiary/aromatic N) is 3. The summed E-state index contributed by atoms with van der Waals surface area (Å²) in [4.78, 5) is 19.5. The number of carbonyl (C=O) groups is 1. The Hall–Kier alpha value is -2.57. The first-order valence-electron chi connectivity index (χ1n) is 12.7. The fraction of sp³-hybridized carbons (Fsp3) is 0.500. The van der Waals surface area contributed by atoms with Crippen molar-refractivity contribution in [1.29, 1.82) is 0 Å². The number of esters is 1. The Morgan fingerprint density at radius 3 is 2.60 bits per heavy atom. The van der Waals surface area contributed by atoms with Gasteiger partial charge in [0.1, 0.15) is 18.2 Å². The molecule has 1 aliphatic heterocycles. The molecule has 35 heavy (non-hydrogen) atoms. The maximum absolute atomic E-state index is 12.1. The van der Waals surface area contributed by atoms with Gasteiger partial charge in [-0.25, -0.2) is 4.98 Å². The maximum Gasteiger partial charge on any atom is 0.308 e. The van der Waals surface area contributed by atoms with Crippen LogP contribution in [-0.2, 0) is 22.7 Å². The van der Waals surface area contributed by atoms with Crippen molar-refractivity contribution in [2.24, 2.45) is 11.8 Å². The van der Waals surface area contributed by atoms with Gasteiger partial charge in [0.2, 0.25) is 0 Å². The highest BCUT2D eigenvalue weighted by Gasteiger charge is 2.28. The minimum absolute atomic E-state index is 0.0131. The number of likely N-dealkylation sites (tertiary alicyclic amines) is 1. The molecule has 1 saturated heterocycles. The van der Waals surface area contributed by atoms with Crippen LogP contribution in [0, 0.1) is 18.8 Å². The number of halogens is 1. The lowest BCUT2D eigenvalue weighted by atomic mass is 9.85. The van der Waals surface area contributed by atoms with Crippen LogP contribution >= 0.6 is 11.6 Å². The zero-order valence-electron chi connectivity index (χ0n) is 21.0. The summed E-state index contributed by atoms with van der Waals surface area (Å²) in [6, 6.07) is 13.8. The van der Waals surface area contributed by atoms with E-state index in [9.17, 15) is 4.79 Å². The second kappa shape index (κ2) is 11.9. The summed E-state index contributed by atoms with van der Waals surface area (Å²) in [5.74, 6) is 2.07. The molecule has 1 fully saturated rings. The Balaban J connectivity index is 1.35. The Bertz CT molecular complexity index is 1120. The van der Waals surface area contributed by atoms with Crippen LogP contribution in [0.4, 0.5) is 0 Å². The van der Waals surface area contributed by atoms with Crippen LogP contribution in [0.2, 0.25) is 5.02 Å². The van der Waals surface area contributed by atoms with Gasteiger partial charge < -0.3 is 18.9 Å². The van der Waals surface area contributed by atoms with Crippen LogP contribution in [-0.4, -0.2) is 46.7 Å². The van der Waals surface area contributed by atoms with Crippen LogP contribution in [0.5, 0.6) is 5.75 Å². The van der Waals surface area contributed by atoms with Crippen molar-refractivity contribution in [3.8, 4) is 5.75 Å². The van der Waals surface area contributed by atoms with E-state index in [2.05, 4.69) is 34.6 Å². The van der Waals surface area contributed by atoms with Crippen molar-refractivity contribution in [3.63, 3.8) is 0 Å². The SMILES string of the molecule is CCOC(=O)C(C)C1CCN(CCCn2c(COc3ccc(Cl)cc3)nc3c(C)cccc32)CC1. The fourth-order valence-corrected chi connectivity index (χ4v) is 5.09. The van der Waals surface area contributed by atoms with E-state index in [1.54, 1.807) is 0 Å². The molecule has 0 aliphatic carbocycles. The maximum atomic E-state index is 12.1. The number of para-hydroxylation sites is 1. The van der Waals surface area contributed by atoms with E-state index in [1.165, 1.54) is 5.56 Å². The number of carbonyl (C=O) groups excluding carboxylic acids is 1. The predicted molar refractivity (Wildman–Crippen MR) is 140 cm³/mol. The molecule has 3 aromatic rings. The lowest BCUT2D eigenvalue weighted by Gasteiger charge is -2.34. The van der Waals surface area contributed by atoms with Gasteiger partial charge in [0.05, 0.1) is 23.6 Å². The van der Waals surface area contributed by atoms with Gasteiger partial charge in [0.25, 0.3) is 0 Å². The zero-order chi connectivity index (χ0) is 24.8. The summed E-state index contributed by atoms with van der Waals surface area (Å²) in [5, 5.41) is 0.694. The summed E-state index contributed by atoms with van der Waals surface area (Å²) in [6.07, 6.45) is 3.13. The van der Waals surface area contributed by atoms with E-state index in [0.717, 1.165) is 68.0 Å². The third-order valence-corrected chi connectivity index (χ3v) is 7.35. The molecular formula is C28H36ClN3O3. The Morgan fingerprint density at radius 2 is 1.89 bits per heavy atom. The van der Waals surface area contributed by atoms with E-state index in [1.807, 2.05) is 38.1 Å². The number of benzene rings is 2. The van der Waals surface area contributed by atoms with E-state index in [0.29, 0.717) is 24.2 Å². The van der Waals surface area contributed by atoms with Crippen LogP contribution in [0.25, 0.3) is 11.0 Å². The summed E-state index contributed by atoms with van der Waals surface area (Å²) in [7, 11) is 0. The summed E-state index contributed by atoms with van der Waals surface area (Å²) in [6.45, 7) is 10.8. The topological polar surface area (TPSA) is 56.6 Å². The van der Waals surface area contributed by atoms with Crippen molar-refractivity contribution < 1.29 is 14.3 Å². The van der Waals surface area contributed by atoms with E-state index in [-0.39, 0.29) is 11.9 Å². The molecule has 188 valence electrons. The summed E-state index contributed by atoms with van der Waals surface area (Å²) < 4.78 is 13.6. The molecule has 2 aromatic carbocycles. The van der Waals surface area contributed by atoms with Crippen LogP contribution in [0.1, 0.15) is 44.5 Å². The molecule has 2 heterocycles. The number of imidazole rings is 1. The van der Waals surface area contributed by atoms with Gasteiger partial charge in [0.15, 0.2) is 0 Å². The van der Waals surface area contributed by atoms with Gasteiger partial charge in [-0.05, 0) is 94.6 Å². The van der Waals surface area contributed by atoms with Crippen molar-refractivity contribution in [3.05, 3.63) is 58.9 Å². The highest BCUT2D eigenvalue weighted by atomic mass is 35.5. The molecule has 4 rings (SSSR count). The van der Waals surface area contributed by atoms with Crippen LogP contribution < -0.4 is 4.74 Å². The molecule has 0 amide bonds. The van der Waals surface area contributed by atoms with Crippen LogP contribution in [0.15, 0.2) is 42.5 Å². The molecule has 1 aliphatic rings. The number of piperidine rings is 1. The molecule has 6 nitrogen and oxygen atoms in total. The smallest absolute Gasteiger partial charge is 0.308 e. The van der Waals surface area contributed by atoms with Gasteiger partial charge in [-0.15, -0.1) is 0 Å². The highest BCUT2D eigenvalue weighted by Crippen LogP contribution is 2.27. The standard InChI is InChI=1S/C28H36ClN3O3/c1-4-34-28(33)21(3)22-13-17-31(18-14-22)15-6-16-32-25-8-5-7-20(2)27(25)30-26(32)19-35-24-11-9-23(29)10-12-24/h5,7-12,21-22H,4,6,13-19H2,1-3H3. The third-order valence-electron chi connectivity index (χ3n) is 7.10. The molecule has 7 heteroatoms. The predicted octanol–water partition coefficient (Wildman–Crippen LogP) is 5.88. The number of aryl methyl sites for hydroxylation is 2. The molecular weight excluding hydrogens is 462 g/mol. The fourth-order valence-electron chi connectivity index (χ4n) is 4.97. The van der Waals surface area contributed by atoms with Crippen molar-refractivity contribution in [1.82, 2.24) is 14.5 Å². The van der Waals surface area contributed by atoms with Crippen LogP contribution in [0.3, 0.4) is 0 Å². The normalized spacial score (nSPS) is 15.9. The monoisotopic (exact) mass is 497 g/mol. The van der Waals surface area contributed by atoms with Gasteiger partial charge >= 0.3 is 5.97 Å². The molecule has 0 saturated carbocycles. The van der Waals surface area contributed by atoms with E-state index >= 15 is 0 Å². The lowest BCUT2D eigenvalue weighted by Crippen LogP contribution is -2.38. The van der Waals surface area contributed by atoms with E-state index in [4.69, 9.17) is 26.1 Å². The van der Waals surface area contributed by atoms with Crippen molar-refractivity contribution in [2.75, 3.05) is 26.2 Å². The second-order valence-corrected chi connectivity index (χ2v) is 9.87. The second-order valence-electron chi connectivity index (χ2n) is 9.44. The number of aromatic nitrogens is 2. The first-order valence-corrected chi connectivity index (χ1v) is 13.1. The molecule has 0 radical (unpaired) electrons. The molecule has 0 bridgehead atoms. The molecule has 1 atom stereocenters. The minimum atomic E-state index is -0.0541. The Kier molecular flexibility index (Phi) is 8.69. The first kappa shape index (κ1) is 25.5. The van der Waals surface area contributed by atoms with Crippen molar-refractivity contribution >= 4 is 28.6 Å². The minimum Gasteiger partial charge on any atom is -0.486 e. The Labute approximate surface area is 213 Å². The number of rotatable bonds is 10. The first-order chi connectivity index (χ1) is 17.0. The Morgan fingerprint density at radius 1 is 1.14 bits per heavy atom. The van der Waals surface area contributed by atoms with Crippen molar-refractivity contribution in [2.45, 2.75) is 53.2 Å². The zero-order valence-corrected chi connectivity index (χ0v) is 21.8. The number of hydrogen-bond donors (Lipinski definition) is 0. The average molecular weight is 498 g/mol.